The molecule has 0 fully saturated rings. The predicted molar refractivity (Wildman–Crippen MR) is 82.1 cm³/mol. The van der Waals surface area contributed by atoms with Gasteiger partial charge in [-0.1, -0.05) is 0 Å². The van der Waals surface area contributed by atoms with Crippen LogP contribution in [0.1, 0.15) is 15.9 Å². The molecule has 10 heteroatoms. The summed E-state index contributed by atoms with van der Waals surface area (Å²) in [6.07, 6.45) is 0.814. The van der Waals surface area contributed by atoms with Gasteiger partial charge in [0.2, 0.25) is 5.91 Å². The highest BCUT2D eigenvalue weighted by Gasteiger charge is 2.21. The Bertz CT molecular complexity index is 740. The van der Waals surface area contributed by atoms with Crippen LogP contribution in [0.15, 0.2) is 23.9 Å². The molecular formula is C14H15N3O7. The van der Waals surface area contributed by atoms with Gasteiger partial charge >= 0.3 is 11.9 Å². The van der Waals surface area contributed by atoms with E-state index in [0.717, 1.165) is 26.4 Å². The summed E-state index contributed by atoms with van der Waals surface area (Å²) in [6, 6.07) is 2.24. The number of nitrogens with two attached hydrogens (primary N) is 1. The van der Waals surface area contributed by atoms with Crippen LogP contribution in [0.3, 0.4) is 0 Å². The molecule has 0 aliphatic carbocycles. The molecule has 0 aliphatic rings. The number of primary amides is 1. The highest BCUT2D eigenvalue weighted by Crippen LogP contribution is 2.28. The number of hydrogen-bond acceptors (Lipinski definition) is 8. The van der Waals surface area contributed by atoms with E-state index in [1.165, 1.54) is 13.0 Å². The number of nitrogens with zero attached hydrogens (tertiary/aromatic N) is 1. The van der Waals surface area contributed by atoms with Crippen LogP contribution in [0.25, 0.3) is 0 Å². The van der Waals surface area contributed by atoms with Gasteiger partial charge in [-0.15, -0.1) is 0 Å². The number of nitrogens with one attached hydrogen (secondary N) is 1. The molecule has 0 bridgehead atoms. The van der Waals surface area contributed by atoms with Crippen LogP contribution >= 0.6 is 0 Å². The number of hydrogen-bond donors (Lipinski definition) is 2. The van der Waals surface area contributed by atoms with Crippen molar-refractivity contribution < 1.29 is 28.8 Å². The summed E-state index contributed by atoms with van der Waals surface area (Å²) in [4.78, 5) is 44.8. The summed E-state index contributed by atoms with van der Waals surface area (Å²) in [7, 11) is 2.20. The van der Waals surface area contributed by atoms with Crippen molar-refractivity contribution in [2.24, 2.45) is 5.73 Å². The van der Waals surface area contributed by atoms with Gasteiger partial charge in [0.05, 0.1) is 30.8 Å². The molecule has 10 nitrogen and oxygen atoms in total. The SMILES string of the molecule is COC(=O)/C=C(/Nc1cc(C(N)=O)cc([N+](=O)[O-])c1C)C(=O)OC. The number of rotatable bonds is 6. The molecule has 0 unspecified atom stereocenters. The van der Waals surface area contributed by atoms with Crippen LogP contribution < -0.4 is 11.1 Å². The Morgan fingerprint density at radius 3 is 2.33 bits per heavy atom. The van der Waals surface area contributed by atoms with Crippen LogP contribution in [-0.2, 0) is 19.1 Å². The number of carbonyl (C=O) groups excluding carboxylic acids is 3. The molecule has 0 spiro atoms. The fraction of sp³-hybridized carbons (Fsp3) is 0.214. The van der Waals surface area contributed by atoms with E-state index in [4.69, 9.17) is 5.73 Å². The lowest BCUT2D eigenvalue weighted by Gasteiger charge is -2.13. The van der Waals surface area contributed by atoms with Gasteiger partial charge in [-0.05, 0) is 13.0 Å². The van der Waals surface area contributed by atoms with Crippen molar-refractivity contribution in [2.45, 2.75) is 6.92 Å². The Morgan fingerprint density at radius 1 is 1.25 bits per heavy atom. The van der Waals surface area contributed by atoms with Crippen molar-refractivity contribution in [3.8, 4) is 0 Å². The normalized spacial score (nSPS) is 10.7. The monoisotopic (exact) mass is 337 g/mol. The Hall–Kier alpha value is -3.43. The first-order valence-electron chi connectivity index (χ1n) is 6.45. The van der Waals surface area contributed by atoms with E-state index >= 15 is 0 Å². The lowest BCUT2D eigenvalue weighted by atomic mass is 10.1. The van der Waals surface area contributed by atoms with E-state index in [9.17, 15) is 24.5 Å². The predicted octanol–water partition coefficient (Wildman–Crippen LogP) is 0.644. The third-order valence-electron chi connectivity index (χ3n) is 3.00. The second kappa shape index (κ2) is 7.72. The fourth-order valence-corrected chi connectivity index (χ4v) is 1.74. The van der Waals surface area contributed by atoms with Gasteiger partial charge in [0.1, 0.15) is 5.70 Å². The fourth-order valence-electron chi connectivity index (χ4n) is 1.74. The molecular weight excluding hydrogens is 322 g/mol. The van der Waals surface area contributed by atoms with Gasteiger partial charge in [0.25, 0.3) is 5.69 Å². The van der Waals surface area contributed by atoms with E-state index in [2.05, 4.69) is 14.8 Å². The molecule has 0 atom stereocenters. The molecule has 0 aromatic heterocycles. The van der Waals surface area contributed by atoms with E-state index in [1.54, 1.807) is 0 Å². The first-order valence-corrected chi connectivity index (χ1v) is 6.45. The molecule has 0 saturated heterocycles. The maximum atomic E-state index is 11.7. The number of nitro benzene ring substituents is 1. The number of anilines is 1. The Morgan fingerprint density at radius 2 is 1.88 bits per heavy atom. The molecule has 128 valence electrons. The van der Waals surface area contributed by atoms with Gasteiger partial charge in [-0.3, -0.25) is 14.9 Å². The van der Waals surface area contributed by atoms with Crippen molar-refractivity contribution in [1.29, 1.82) is 0 Å². The summed E-state index contributed by atoms with van der Waals surface area (Å²) in [5.74, 6) is -2.65. The van der Waals surface area contributed by atoms with Crippen molar-refractivity contribution in [3.63, 3.8) is 0 Å². The number of nitro groups is 1. The Labute approximate surface area is 136 Å². The van der Waals surface area contributed by atoms with E-state index in [-0.39, 0.29) is 28.2 Å². The molecule has 24 heavy (non-hydrogen) atoms. The minimum Gasteiger partial charge on any atom is -0.466 e. The smallest absolute Gasteiger partial charge is 0.354 e. The van der Waals surface area contributed by atoms with Crippen LogP contribution in [-0.4, -0.2) is 37.0 Å². The quantitative estimate of drug-likeness (QED) is 0.332. The molecule has 1 rings (SSSR count). The number of esters is 2. The molecule has 1 amide bonds. The number of methoxy groups -OCH3 is 2. The summed E-state index contributed by atoms with van der Waals surface area (Å²) in [5.41, 5.74) is 4.47. The second-order valence-corrected chi connectivity index (χ2v) is 4.49. The Kier molecular flexibility index (Phi) is 5.99. The molecule has 0 aliphatic heterocycles. The number of amides is 1. The zero-order valence-electron chi connectivity index (χ0n) is 13.1. The summed E-state index contributed by atoms with van der Waals surface area (Å²) in [5, 5.41) is 13.6. The molecule has 0 saturated carbocycles. The highest BCUT2D eigenvalue weighted by molar-refractivity contribution is 6.00. The van der Waals surface area contributed by atoms with Crippen molar-refractivity contribution in [3.05, 3.63) is 45.1 Å². The first-order chi connectivity index (χ1) is 11.2. The molecule has 1 aromatic rings. The number of benzene rings is 1. The number of ether oxygens (including phenoxy) is 2. The van der Waals surface area contributed by atoms with Crippen molar-refractivity contribution in [1.82, 2.24) is 0 Å². The molecule has 3 N–H and O–H groups in total. The summed E-state index contributed by atoms with van der Waals surface area (Å²) >= 11 is 0. The largest absolute Gasteiger partial charge is 0.466 e. The van der Waals surface area contributed by atoms with Gasteiger partial charge in [0, 0.05) is 17.3 Å². The summed E-state index contributed by atoms with van der Waals surface area (Å²) < 4.78 is 8.94. The third kappa shape index (κ3) is 4.29. The zero-order chi connectivity index (χ0) is 18.4. The maximum absolute atomic E-state index is 11.7. The summed E-state index contributed by atoms with van der Waals surface area (Å²) in [6.45, 7) is 1.40. The molecule has 0 radical (unpaired) electrons. The van der Waals surface area contributed by atoms with E-state index in [0.29, 0.717) is 0 Å². The van der Waals surface area contributed by atoms with Gasteiger partial charge in [-0.25, -0.2) is 9.59 Å². The first kappa shape index (κ1) is 18.6. The van der Waals surface area contributed by atoms with E-state index in [1.807, 2.05) is 0 Å². The van der Waals surface area contributed by atoms with Gasteiger partial charge < -0.3 is 20.5 Å². The lowest BCUT2D eigenvalue weighted by molar-refractivity contribution is -0.385. The lowest BCUT2D eigenvalue weighted by Crippen LogP contribution is -2.17. The van der Waals surface area contributed by atoms with Crippen LogP contribution in [0.4, 0.5) is 11.4 Å². The maximum Gasteiger partial charge on any atom is 0.354 e. The Balaban J connectivity index is 3.45. The van der Waals surface area contributed by atoms with Crippen LogP contribution in [0.5, 0.6) is 0 Å². The van der Waals surface area contributed by atoms with Crippen molar-refractivity contribution >= 4 is 29.2 Å². The number of carbonyl (C=O) groups is 3. The van der Waals surface area contributed by atoms with Gasteiger partial charge in [0.15, 0.2) is 0 Å². The zero-order valence-corrected chi connectivity index (χ0v) is 13.1. The molecule has 1 aromatic carbocycles. The highest BCUT2D eigenvalue weighted by atomic mass is 16.6. The average molecular weight is 337 g/mol. The average Bonchev–Trinajstić information content (AvgIpc) is 2.54. The van der Waals surface area contributed by atoms with Crippen LogP contribution in [0, 0.1) is 17.0 Å². The third-order valence-corrected chi connectivity index (χ3v) is 3.00. The standard InChI is InChI=1S/C14H15N3O7/c1-7-9(4-8(13(15)19)5-11(7)17(21)22)16-10(14(20)24-3)6-12(18)23-2/h4-6,16H,1-3H3,(H2,15,19)/b10-6+. The second-order valence-electron chi connectivity index (χ2n) is 4.49. The topological polar surface area (TPSA) is 151 Å². The van der Waals surface area contributed by atoms with Crippen molar-refractivity contribution in [2.75, 3.05) is 19.5 Å². The minimum absolute atomic E-state index is 0.0403. The van der Waals surface area contributed by atoms with Gasteiger partial charge in [-0.2, -0.15) is 0 Å². The molecule has 0 heterocycles. The minimum atomic E-state index is -0.910. The van der Waals surface area contributed by atoms with Crippen LogP contribution in [0.2, 0.25) is 0 Å². The van der Waals surface area contributed by atoms with E-state index < -0.39 is 22.8 Å².